The number of nitrogens with one attached hydrogen (secondary N) is 1. The molecule has 0 saturated carbocycles. The van der Waals surface area contributed by atoms with E-state index in [0.717, 1.165) is 50.4 Å². The van der Waals surface area contributed by atoms with Gasteiger partial charge < -0.3 is 10.2 Å². The fraction of sp³-hybridized carbons (Fsp3) is 0.409. The van der Waals surface area contributed by atoms with Gasteiger partial charge in [0.15, 0.2) is 0 Å². The van der Waals surface area contributed by atoms with Gasteiger partial charge in [-0.2, -0.15) is 5.26 Å². The minimum absolute atomic E-state index is 0. The molecular formula is C22H29ClN4. The Hall–Kier alpha value is -1.90. The summed E-state index contributed by atoms with van der Waals surface area (Å²) >= 11 is 0. The monoisotopic (exact) mass is 384 g/mol. The Morgan fingerprint density at radius 3 is 2.33 bits per heavy atom. The van der Waals surface area contributed by atoms with E-state index >= 15 is 0 Å². The van der Waals surface area contributed by atoms with Crippen LogP contribution >= 0.6 is 12.4 Å². The first-order chi connectivity index (χ1) is 12.8. The maximum Gasteiger partial charge on any atom is 0.0991 e. The fourth-order valence-electron chi connectivity index (χ4n) is 3.48. The van der Waals surface area contributed by atoms with Crippen molar-refractivity contribution < 1.29 is 0 Å². The molecule has 0 aromatic heterocycles. The zero-order valence-electron chi connectivity index (χ0n) is 16.0. The lowest BCUT2D eigenvalue weighted by atomic mass is 10.1. The van der Waals surface area contributed by atoms with Gasteiger partial charge >= 0.3 is 0 Å². The van der Waals surface area contributed by atoms with E-state index in [4.69, 9.17) is 5.26 Å². The largest absolute Gasteiger partial charge is 0.309 e. The number of nitrogens with zero attached hydrogens (tertiary/aromatic N) is 3. The summed E-state index contributed by atoms with van der Waals surface area (Å²) in [5.74, 6) is 0. The van der Waals surface area contributed by atoms with Gasteiger partial charge in [-0.25, -0.2) is 0 Å². The Labute approximate surface area is 169 Å². The Balaban J connectivity index is 0.00000261. The summed E-state index contributed by atoms with van der Waals surface area (Å²) in [5.41, 5.74) is 4.64. The highest BCUT2D eigenvalue weighted by Crippen LogP contribution is 2.14. The van der Waals surface area contributed by atoms with E-state index in [2.05, 4.69) is 58.4 Å². The zero-order chi connectivity index (χ0) is 18.2. The number of nitriles is 1. The average molecular weight is 385 g/mol. The van der Waals surface area contributed by atoms with Crippen LogP contribution in [0.3, 0.4) is 0 Å². The van der Waals surface area contributed by atoms with E-state index < -0.39 is 0 Å². The Bertz CT molecular complexity index is 748. The molecule has 1 aliphatic rings. The Morgan fingerprint density at radius 1 is 0.926 bits per heavy atom. The summed E-state index contributed by atoms with van der Waals surface area (Å²) in [6.07, 6.45) is 0. The normalized spacial score (nSPS) is 15.1. The molecule has 144 valence electrons. The van der Waals surface area contributed by atoms with Crippen molar-refractivity contribution >= 4 is 12.4 Å². The highest BCUT2D eigenvalue weighted by atomic mass is 35.5. The van der Waals surface area contributed by atoms with E-state index in [0.29, 0.717) is 0 Å². The van der Waals surface area contributed by atoms with Gasteiger partial charge in [0, 0.05) is 45.8 Å². The number of hydrogen-bond donors (Lipinski definition) is 1. The Morgan fingerprint density at radius 2 is 1.63 bits per heavy atom. The molecular weight excluding hydrogens is 356 g/mol. The molecule has 0 bridgehead atoms. The van der Waals surface area contributed by atoms with E-state index in [1.165, 1.54) is 24.2 Å². The second kappa shape index (κ2) is 11.1. The second-order valence-electron chi connectivity index (χ2n) is 6.89. The van der Waals surface area contributed by atoms with Gasteiger partial charge in [0.25, 0.3) is 0 Å². The molecule has 2 aromatic carbocycles. The van der Waals surface area contributed by atoms with Crippen LogP contribution in [0.1, 0.15) is 29.2 Å². The fourth-order valence-corrected chi connectivity index (χ4v) is 3.48. The highest BCUT2D eigenvalue weighted by Gasteiger charge is 2.16. The van der Waals surface area contributed by atoms with Crippen LogP contribution in [0.2, 0.25) is 0 Å². The van der Waals surface area contributed by atoms with Crippen LogP contribution in [0.25, 0.3) is 0 Å². The predicted molar refractivity (Wildman–Crippen MR) is 113 cm³/mol. The minimum atomic E-state index is 0. The second-order valence-corrected chi connectivity index (χ2v) is 6.89. The van der Waals surface area contributed by atoms with Crippen molar-refractivity contribution in [1.29, 1.82) is 5.26 Å². The number of benzene rings is 2. The predicted octanol–water partition coefficient (Wildman–Crippen LogP) is 3.41. The van der Waals surface area contributed by atoms with Gasteiger partial charge in [-0.1, -0.05) is 43.3 Å². The first-order valence-corrected chi connectivity index (χ1v) is 9.49. The van der Waals surface area contributed by atoms with Crippen LogP contribution in [0, 0.1) is 11.3 Å². The van der Waals surface area contributed by atoms with Crippen LogP contribution < -0.4 is 5.32 Å². The van der Waals surface area contributed by atoms with Gasteiger partial charge in [0.2, 0.25) is 0 Å². The quantitative estimate of drug-likeness (QED) is 0.794. The van der Waals surface area contributed by atoms with Crippen molar-refractivity contribution in [1.82, 2.24) is 15.1 Å². The van der Waals surface area contributed by atoms with Crippen LogP contribution in [0.4, 0.5) is 0 Å². The van der Waals surface area contributed by atoms with Crippen molar-refractivity contribution in [3.63, 3.8) is 0 Å². The third kappa shape index (κ3) is 6.34. The molecule has 2 aromatic rings. The molecule has 1 heterocycles. The molecule has 0 unspecified atom stereocenters. The van der Waals surface area contributed by atoms with Gasteiger partial charge in [0.1, 0.15) is 0 Å². The van der Waals surface area contributed by atoms with Crippen molar-refractivity contribution in [2.24, 2.45) is 0 Å². The summed E-state index contributed by atoms with van der Waals surface area (Å²) in [7, 11) is 0. The maximum atomic E-state index is 9.01. The van der Waals surface area contributed by atoms with E-state index in [1.807, 2.05) is 18.2 Å². The topological polar surface area (TPSA) is 42.3 Å². The lowest BCUT2D eigenvalue weighted by Crippen LogP contribution is -2.45. The van der Waals surface area contributed by atoms with E-state index in [-0.39, 0.29) is 12.4 Å². The Kier molecular flexibility index (Phi) is 8.77. The molecule has 0 aliphatic carbocycles. The first kappa shape index (κ1) is 21.4. The lowest BCUT2D eigenvalue weighted by molar-refractivity contribution is 0.131. The smallest absolute Gasteiger partial charge is 0.0991 e. The molecule has 1 N–H and O–H groups in total. The molecule has 1 aliphatic heterocycles. The van der Waals surface area contributed by atoms with Gasteiger partial charge in [-0.15, -0.1) is 12.4 Å². The van der Waals surface area contributed by atoms with Gasteiger partial charge in [0.05, 0.1) is 11.6 Å². The van der Waals surface area contributed by atoms with Crippen molar-refractivity contribution in [2.45, 2.75) is 26.6 Å². The van der Waals surface area contributed by atoms with Crippen molar-refractivity contribution in [2.75, 3.05) is 32.7 Å². The molecule has 1 saturated heterocycles. The molecule has 0 amide bonds. The van der Waals surface area contributed by atoms with Crippen LogP contribution in [-0.4, -0.2) is 42.5 Å². The van der Waals surface area contributed by atoms with Gasteiger partial charge in [-0.3, -0.25) is 4.90 Å². The number of hydrogen-bond acceptors (Lipinski definition) is 4. The zero-order valence-corrected chi connectivity index (χ0v) is 16.8. The molecule has 1 fully saturated rings. The van der Waals surface area contributed by atoms with E-state index in [1.54, 1.807) is 0 Å². The van der Waals surface area contributed by atoms with Crippen molar-refractivity contribution in [3.05, 3.63) is 70.8 Å². The first-order valence-electron chi connectivity index (χ1n) is 9.49. The molecule has 5 heteroatoms. The summed E-state index contributed by atoms with van der Waals surface area (Å²) in [6, 6.07) is 18.7. The molecule has 3 rings (SSSR count). The molecule has 0 atom stereocenters. The summed E-state index contributed by atoms with van der Waals surface area (Å²) < 4.78 is 0. The average Bonchev–Trinajstić information content (AvgIpc) is 2.70. The minimum Gasteiger partial charge on any atom is -0.309 e. The van der Waals surface area contributed by atoms with Gasteiger partial charge in [-0.05, 0) is 35.4 Å². The highest BCUT2D eigenvalue weighted by molar-refractivity contribution is 5.85. The molecule has 4 nitrogen and oxygen atoms in total. The lowest BCUT2D eigenvalue weighted by Gasteiger charge is -2.34. The summed E-state index contributed by atoms with van der Waals surface area (Å²) in [5, 5.41) is 12.5. The number of piperazine rings is 1. The number of rotatable bonds is 7. The van der Waals surface area contributed by atoms with Crippen LogP contribution in [0.5, 0.6) is 0 Å². The van der Waals surface area contributed by atoms with Crippen LogP contribution in [0.15, 0.2) is 48.5 Å². The third-order valence-electron chi connectivity index (χ3n) is 5.13. The van der Waals surface area contributed by atoms with Crippen molar-refractivity contribution in [3.8, 4) is 6.07 Å². The molecule has 0 spiro atoms. The molecule has 27 heavy (non-hydrogen) atoms. The summed E-state index contributed by atoms with van der Waals surface area (Å²) in [6.45, 7) is 10.7. The SMILES string of the molecule is CCN1CCN(Cc2ccccc2CNCc2cccc(C#N)c2)CC1.Cl. The van der Waals surface area contributed by atoms with Crippen LogP contribution in [-0.2, 0) is 19.6 Å². The summed E-state index contributed by atoms with van der Waals surface area (Å²) in [4.78, 5) is 5.07. The molecule has 0 radical (unpaired) electrons. The number of halogens is 1. The third-order valence-corrected chi connectivity index (χ3v) is 5.13. The standard InChI is InChI=1S/C22H28N4.ClH/c1-2-25-10-12-26(13-11-25)18-22-9-4-3-8-21(22)17-24-16-20-7-5-6-19(14-20)15-23;/h3-9,14,24H,2,10-13,16-18H2,1H3;1H. The van der Waals surface area contributed by atoms with E-state index in [9.17, 15) is 0 Å². The number of likely N-dealkylation sites (N-methyl/N-ethyl adjacent to an activating group) is 1. The maximum absolute atomic E-state index is 9.01.